The molecule has 2 heterocycles. The lowest BCUT2D eigenvalue weighted by molar-refractivity contribution is 0.628. The number of pyridine rings is 1. The van der Waals surface area contributed by atoms with Crippen LogP contribution < -0.4 is 0 Å². The van der Waals surface area contributed by atoms with E-state index < -0.39 is 0 Å². The summed E-state index contributed by atoms with van der Waals surface area (Å²) in [5.74, 6) is -0.231. The third-order valence-corrected chi connectivity index (χ3v) is 2.61. The summed E-state index contributed by atoms with van der Waals surface area (Å²) in [7, 11) is 0. The number of nitrogens with one attached hydrogen (secondary N) is 1. The molecular formula is C13H9FN2. The van der Waals surface area contributed by atoms with Gasteiger partial charge in [-0.3, -0.25) is 4.98 Å². The van der Waals surface area contributed by atoms with E-state index in [9.17, 15) is 4.39 Å². The quantitative estimate of drug-likeness (QED) is 0.658. The molecule has 0 spiro atoms. The van der Waals surface area contributed by atoms with Gasteiger partial charge in [0.15, 0.2) is 0 Å². The van der Waals surface area contributed by atoms with Gasteiger partial charge in [-0.15, -0.1) is 0 Å². The highest BCUT2D eigenvalue weighted by atomic mass is 19.1. The Hall–Kier alpha value is -2.16. The third-order valence-electron chi connectivity index (χ3n) is 2.61. The largest absolute Gasteiger partial charge is 0.360 e. The third kappa shape index (κ3) is 1.37. The number of nitrogens with zero attached hydrogens (tertiary/aromatic N) is 1. The van der Waals surface area contributed by atoms with Gasteiger partial charge in [0.2, 0.25) is 0 Å². The van der Waals surface area contributed by atoms with Crippen molar-refractivity contribution >= 4 is 10.9 Å². The summed E-state index contributed by atoms with van der Waals surface area (Å²) in [6, 6.07) is 8.51. The number of aromatic nitrogens is 2. The predicted molar refractivity (Wildman–Crippen MR) is 61.5 cm³/mol. The second kappa shape index (κ2) is 3.45. The van der Waals surface area contributed by atoms with Crippen LogP contribution in [0.25, 0.3) is 22.0 Å². The van der Waals surface area contributed by atoms with Crippen LogP contribution in [0.1, 0.15) is 0 Å². The van der Waals surface area contributed by atoms with E-state index in [1.165, 1.54) is 12.1 Å². The second-order valence-corrected chi connectivity index (χ2v) is 3.64. The summed E-state index contributed by atoms with van der Waals surface area (Å²) in [6.45, 7) is 0. The molecule has 3 aromatic rings. The van der Waals surface area contributed by atoms with Crippen LogP contribution in [0, 0.1) is 5.82 Å². The van der Waals surface area contributed by atoms with Gasteiger partial charge in [-0.2, -0.15) is 0 Å². The van der Waals surface area contributed by atoms with E-state index in [0.29, 0.717) is 0 Å². The van der Waals surface area contributed by atoms with Gasteiger partial charge in [0.05, 0.1) is 11.7 Å². The van der Waals surface area contributed by atoms with Crippen molar-refractivity contribution in [2.75, 3.05) is 0 Å². The topological polar surface area (TPSA) is 28.7 Å². The van der Waals surface area contributed by atoms with E-state index in [2.05, 4.69) is 9.97 Å². The van der Waals surface area contributed by atoms with Crippen molar-refractivity contribution < 1.29 is 4.39 Å². The molecule has 0 saturated carbocycles. The Balaban J connectivity index is 2.29. The molecule has 78 valence electrons. The Labute approximate surface area is 91.8 Å². The molecule has 0 radical (unpaired) electrons. The van der Waals surface area contributed by atoms with E-state index in [1.807, 2.05) is 18.3 Å². The smallest absolute Gasteiger partial charge is 0.123 e. The minimum Gasteiger partial charge on any atom is -0.360 e. The lowest BCUT2D eigenvalue weighted by atomic mass is 10.0. The SMILES string of the molecule is Fc1cccc(-c2cncc3[nH]ccc23)c1. The van der Waals surface area contributed by atoms with Crippen LogP contribution in [-0.4, -0.2) is 9.97 Å². The monoisotopic (exact) mass is 212 g/mol. The van der Waals surface area contributed by atoms with Gasteiger partial charge in [-0.05, 0) is 23.8 Å². The van der Waals surface area contributed by atoms with E-state index in [1.54, 1.807) is 18.5 Å². The summed E-state index contributed by atoms with van der Waals surface area (Å²) in [5, 5.41) is 1.06. The molecule has 3 heteroatoms. The van der Waals surface area contributed by atoms with E-state index in [-0.39, 0.29) is 5.82 Å². The highest BCUT2D eigenvalue weighted by Gasteiger charge is 2.05. The van der Waals surface area contributed by atoms with Crippen LogP contribution >= 0.6 is 0 Å². The average molecular weight is 212 g/mol. The minimum absolute atomic E-state index is 0.231. The molecule has 0 bridgehead atoms. The molecule has 1 aromatic carbocycles. The molecular weight excluding hydrogens is 203 g/mol. The van der Waals surface area contributed by atoms with Crippen LogP contribution in [0.2, 0.25) is 0 Å². The van der Waals surface area contributed by atoms with E-state index in [4.69, 9.17) is 0 Å². The standard InChI is InChI=1S/C13H9FN2/c14-10-3-1-2-9(6-10)12-7-15-8-13-11(12)4-5-16-13/h1-8,16H. The number of fused-ring (bicyclic) bond motifs is 1. The highest BCUT2D eigenvalue weighted by molar-refractivity contribution is 5.94. The first kappa shape index (κ1) is 9.09. The van der Waals surface area contributed by atoms with Gasteiger partial charge in [0.1, 0.15) is 5.82 Å². The summed E-state index contributed by atoms with van der Waals surface area (Å²) in [4.78, 5) is 7.23. The van der Waals surface area contributed by atoms with Gasteiger partial charge < -0.3 is 4.98 Å². The van der Waals surface area contributed by atoms with Crippen LogP contribution in [-0.2, 0) is 0 Å². The molecule has 0 aliphatic rings. The molecule has 0 aliphatic heterocycles. The maximum Gasteiger partial charge on any atom is 0.123 e. The molecule has 3 rings (SSSR count). The Morgan fingerprint density at radius 3 is 2.94 bits per heavy atom. The highest BCUT2D eigenvalue weighted by Crippen LogP contribution is 2.27. The van der Waals surface area contributed by atoms with Crippen molar-refractivity contribution in [3.63, 3.8) is 0 Å². The van der Waals surface area contributed by atoms with Crippen molar-refractivity contribution in [2.24, 2.45) is 0 Å². The number of H-pyrrole nitrogens is 1. The maximum absolute atomic E-state index is 13.2. The number of hydrogen-bond donors (Lipinski definition) is 1. The minimum atomic E-state index is -0.231. The molecule has 2 nitrogen and oxygen atoms in total. The second-order valence-electron chi connectivity index (χ2n) is 3.64. The fourth-order valence-corrected chi connectivity index (χ4v) is 1.87. The Kier molecular flexibility index (Phi) is 1.96. The van der Waals surface area contributed by atoms with Gasteiger partial charge in [-0.25, -0.2) is 4.39 Å². The average Bonchev–Trinajstić information content (AvgIpc) is 2.76. The normalized spacial score (nSPS) is 10.8. The molecule has 0 aliphatic carbocycles. The van der Waals surface area contributed by atoms with E-state index in [0.717, 1.165) is 22.0 Å². The summed E-state index contributed by atoms with van der Waals surface area (Å²) in [6.07, 6.45) is 5.37. The first-order valence-electron chi connectivity index (χ1n) is 5.01. The van der Waals surface area contributed by atoms with Gasteiger partial charge in [-0.1, -0.05) is 12.1 Å². The fourth-order valence-electron chi connectivity index (χ4n) is 1.87. The number of hydrogen-bond acceptors (Lipinski definition) is 1. The zero-order valence-electron chi connectivity index (χ0n) is 8.44. The number of halogens is 1. The summed E-state index contributed by atoms with van der Waals surface area (Å²) in [5.41, 5.74) is 2.75. The van der Waals surface area contributed by atoms with Crippen molar-refractivity contribution in [3.8, 4) is 11.1 Å². The zero-order valence-corrected chi connectivity index (χ0v) is 8.44. The number of rotatable bonds is 1. The number of aromatic amines is 1. The maximum atomic E-state index is 13.2. The molecule has 0 unspecified atom stereocenters. The Morgan fingerprint density at radius 2 is 2.06 bits per heavy atom. The van der Waals surface area contributed by atoms with Gasteiger partial charge >= 0.3 is 0 Å². The fraction of sp³-hybridized carbons (Fsp3) is 0. The lowest BCUT2D eigenvalue weighted by Crippen LogP contribution is -1.83. The molecule has 0 saturated heterocycles. The van der Waals surface area contributed by atoms with Crippen LogP contribution in [0.4, 0.5) is 4.39 Å². The van der Waals surface area contributed by atoms with Crippen LogP contribution in [0.5, 0.6) is 0 Å². The van der Waals surface area contributed by atoms with Crippen molar-refractivity contribution in [1.29, 1.82) is 0 Å². The first-order chi connectivity index (χ1) is 7.84. The Morgan fingerprint density at radius 1 is 1.12 bits per heavy atom. The molecule has 0 fully saturated rings. The van der Waals surface area contributed by atoms with Crippen molar-refractivity contribution in [2.45, 2.75) is 0 Å². The van der Waals surface area contributed by atoms with Crippen LogP contribution in [0.3, 0.4) is 0 Å². The molecule has 2 aromatic heterocycles. The molecule has 1 N–H and O–H groups in total. The summed E-state index contributed by atoms with van der Waals surface area (Å²) >= 11 is 0. The molecule has 16 heavy (non-hydrogen) atoms. The van der Waals surface area contributed by atoms with Crippen LogP contribution in [0.15, 0.2) is 48.9 Å². The van der Waals surface area contributed by atoms with Crippen molar-refractivity contribution in [3.05, 3.63) is 54.7 Å². The molecule has 0 amide bonds. The van der Waals surface area contributed by atoms with E-state index >= 15 is 0 Å². The summed E-state index contributed by atoms with van der Waals surface area (Å²) < 4.78 is 13.2. The van der Waals surface area contributed by atoms with Gasteiger partial charge in [0, 0.05) is 23.3 Å². The lowest BCUT2D eigenvalue weighted by Gasteiger charge is -2.02. The predicted octanol–water partition coefficient (Wildman–Crippen LogP) is 3.37. The van der Waals surface area contributed by atoms with Crippen molar-refractivity contribution in [1.82, 2.24) is 9.97 Å². The Bertz CT molecular complexity index is 643. The first-order valence-corrected chi connectivity index (χ1v) is 5.01. The number of benzene rings is 1. The molecule has 0 atom stereocenters. The van der Waals surface area contributed by atoms with Gasteiger partial charge in [0.25, 0.3) is 0 Å². The zero-order chi connectivity index (χ0) is 11.0.